The van der Waals surface area contributed by atoms with Gasteiger partial charge in [-0.1, -0.05) is 39.3 Å². The van der Waals surface area contributed by atoms with Crippen LogP contribution in [0.5, 0.6) is 0 Å². The first-order chi connectivity index (χ1) is 8.81. The molecule has 0 bridgehead atoms. The molecule has 1 heteroatoms. The average molecular weight is 260 g/mol. The molecule has 0 saturated heterocycles. The van der Waals surface area contributed by atoms with E-state index in [0.29, 0.717) is 17.1 Å². The molecule has 0 aromatic heterocycles. The minimum Gasteiger partial charge on any atom is -0.299 e. The minimum absolute atomic E-state index is 0.118. The third-order valence-corrected chi connectivity index (χ3v) is 6.76. The zero-order chi connectivity index (χ0) is 13.9. The summed E-state index contributed by atoms with van der Waals surface area (Å²) in [6, 6.07) is 0. The Morgan fingerprint density at radius 3 is 2.58 bits per heavy atom. The van der Waals surface area contributed by atoms with Crippen molar-refractivity contribution in [2.45, 2.75) is 72.6 Å². The summed E-state index contributed by atoms with van der Waals surface area (Å²) in [5, 5.41) is 0. The number of hydrogen-bond donors (Lipinski definition) is 0. The first kappa shape index (κ1) is 13.4. The second kappa shape index (κ2) is 3.96. The van der Waals surface area contributed by atoms with Crippen molar-refractivity contribution in [3.8, 4) is 0 Å². The average Bonchev–Trinajstić information content (AvgIpc) is 2.34. The Morgan fingerprint density at radius 2 is 1.84 bits per heavy atom. The van der Waals surface area contributed by atoms with Gasteiger partial charge in [0, 0.05) is 11.8 Å². The van der Waals surface area contributed by atoms with Crippen LogP contribution < -0.4 is 0 Å². The van der Waals surface area contributed by atoms with E-state index in [1.54, 1.807) is 5.57 Å². The fourth-order valence-electron chi connectivity index (χ4n) is 5.63. The van der Waals surface area contributed by atoms with Gasteiger partial charge in [0.2, 0.25) is 0 Å². The molecule has 3 aliphatic rings. The van der Waals surface area contributed by atoms with Crippen molar-refractivity contribution < 1.29 is 4.79 Å². The van der Waals surface area contributed by atoms with Crippen LogP contribution in [0.4, 0.5) is 0 Å². The SMILES string of the molecule is CC1(C)C(=O)CC[C@@]2(C)C3=CCCC[C@@]3(C)CC[C@H]12. The fraction of sp³-hybridized carbons (Fsp3) is 0.833. The molecule has 3 atom stereocenters. The molecule has 0 unspecified atom stereocenters. The van der Waals surface area contributed by atoms with Crippen LogP contribution in [0.2, 0.25) is 0 Å². The molecule has 0 amide bonds. The van der Waals surface area contributed by atoms with Crippen molar-refractivity contribution in [1.82, 2.24) is 0 Å². The second-order valence-electron chi connectivity index (χ2n) is 8.22. The summed E-state index contributed by atoms with van der Waals surface area (Å²) in [5.41, 5.74) is 2.31. The summed E-state index contributed by atoms with van der Waals surface area (Å²) in [6.45, 7) is 9.33. The van der Waals surface area contributed by atoms with Crippen LogP contribution >= 0.6 is 0 Å². The number of fused-ring (bicyclic) bond motifs is 3. The van der Waals surface area contributed by atoms with Gasteiger partial charge >= 0.3 is 0 Å². The standard InChI is InChI=1S/C18H28O/c1-16(2)13-8-11-17(3)10-6-5-7-14(17)18(13,4)12-9-15(16)19/h7,13H,5-6,8-12H2,1-4H3/t13-,17+,18-/m1/s1. The molecule has 0 N–H and O–H groups in total. The molecule has 0 radical (unpaired) electrons. The first-order valence-corrected chi connectivity index (χ1v) is 8.05. The monoisotopic (exact) mass is 260 g/mol. The molecule has 0 aromatic carbocycles. The lowest BCUT2D eigenvalue weighted by Gasteiger charge is -2.60. The highest BCUT2D eigenvalue weighted by molar-refractivity contribution is 5.85. The summed E-state index contributed by atoms with van der Waals surface area (Å²) < 4.78 is 0. The molecule has 3 aliphatic carbocycles. The maximum Gasteiger partial charge on any atom is 0.138 e. The van der Waals surface area contributed by atoms with Crippen LogP contribution in [0, 0.1) is 22.2 Å². The zero-order valence-corrected chi connectivity index (χ0v) is 13.0. The number of carbonyl (C=O) groups is 1. The van der Waals surface area contributed by atoms with Crippen molar-refractivity contribution >= 4 is 5.78 Å². The van der Waals surface area contributed by atoms with Gasteiger partial charge in [0.05, 0.1) is 0 Å². The number of carbonyl (C=O) groups excluding carboxylic acids is 1. The molecule has 0 aliphatic heterocycles. The zero-order valence-electron chi connectivity index (χ0n) is 13.0. The van der Waals surface area contributed by atoms with Gasteiger partial charge < -0.3 is 0 Å². The Labute approximate surface area is 117 Å². The Balaban J connectivity index is 2.07. The quantitative estimate of drug-likeness (QED) is 0.566. The summed E-state index contributed by atoms with van der Waals surface area (Å²) >= 11 is 0. The Hall–Kier alpha value is -0.590. The molecule has 2 fully saturated rings. The van der Waals surface area contributed by atoms with Crippen LogP contribution in [-0.2, 0) is 4.79 Å². The Morgan fingerprint density at radius 1 is 1.11 bits per heavy atom. The van der Waals surface area contributed by atoms with Gasteiger partial charge in [-0.05, 0) is 55.3 Å². The van der Waals surface area contributed by atoms with Crippen molar-refractivity contribution in [3.63, 3.8) is 0 Å². The van der Waals surface area contributed by atoms with E-state index >= 15 is 0 Å². The van der Waals surface area contributed by atoms with Gasteiger partial charge in [0.15, 0.2) is 0 Å². The van der Waals surface area contributed by atoms with E-state index in [4.69, 9.17) is 0 Å². The van der Waals surface area contributed by atoms with Crippen molar-refractivity contribution in [2.75, 3.05) is 0 Å². The normalized spacial score (nSPS) is 45.2. The summed E-state index contributed by atoms with van der Waals surface area (Å²) in [5.74, 6) is 1.05. The smallest absolute Gasteiger partial charge is 0.138 e. The predicted octanol–water partition coefficient (Wildman–Crippen LogP) is 4.91. The van der Waals surface area contributed by atoms with E-state index in [0.717, 1.165) is 12.8 Å². The van der Waals surface area contributed by atoms with Crippen LogP contribution in [0.15, 0.2) is 11.6 Å². The highest BCUT2D eigenvalue weighted by atomic mass is 16.1. The third kappa shape index (κ3) is 1.69. The maximum atomic E-state index is 12.3. The van der Waals surface area contributed by atoms with Crippen molar-refractivity contribution in [1.29, 1.82) is 0 Å². The van der Waals surface area contributed by atoms with Crippen molar-refractivity contribution in [2.24, 2.45) is 22.2 Å². The largest absolute Gasteiger partial charge is 0.299 e. The molecule has 0 aromatic rings. The molecule has 106 valence electrons. The minimum atomic E-state index is -0.118. The summed E-state index contributed by atoms with van der Waals surface area (Å²) in [6.07, 6.45) is 10.9. The van der Waals surface area contributed by atoms with E-state index in [9.17, 15) is 4.79 Å². The van der Waals surface area contributed by atoms with Gasteiger partial charge in [-0.15, -0.1) is 0 Å². The van der Waals surface area contributed by atoms with E-state index in [1.807, 2.05) is 0 Å². The lowest BCUT2D eigenvalue weighted by Crippen LogP contribution is -2.54. The van der Waals surface area contributed by atoms with Gasteiger partial charge in [-0.2, -0.15) is 0 Å². The number of Topliss-reactive ketones (excluding diaryl/α,β-unsaturated/α-hetero) is 1. The number of rotatable bonds is 0. The van der Waals surface area contributed by atoms with Crippen LogP contribution in [0.25, 0.3) is 0 Å². The molecular formula is C18H28O. The van der Waals surface area contributed by atoms with E-state index in [-0.39, 0.29) is 10.8 Å². The van der Waals surface area contributed by atoms with E-state index in [1.165, 1.54) is 32.1 Å². The van der Waals surface area contributed by atoms with Crippen LogP contribution in [-0.4, -0.2) is 5.78 Å². The molecule has 19 heavy (non-hydrogen) atoms. The predicted molar refractivity (Wildman–Crippen MR) is 78.9 cm³/mol. The molecule has 1 nitrogen and oxygen atoms in total. The molecule has 0 heterocycles. The molecular weight excluding hydrogens is 232 g/mol. The number of allylic oxidation sites excluding steroid dienone is 2. The maximum absolute atomic E-state index is 12.3. The van der Waals surface area contributed by atoms with Gasteiger partial charge in [-0.25, -0.2) is 0 Å². The fourth-order valence-corrected chi connectivity index (χ4v) is 5.63. The van der Waals surface area contributed by atoms with Gasteiger partial charge in [-0.3, -0.25) is 4.79 Å². The topological polar surface area (TPSA) is 17.1 Å². The Bertz CT molecular complexity index is 445. The third-order valence-electron chi connectivity index (χ3n) is 6.76. The highest BCUT2D eigenvalue weighted by Gasteiger charge is 2.57. The van der Waals surface area contributed by atoms with E-state index in [2.05, 4.69) is 33.8 Å². The summed E-state index contributed by atoms with van der Waals surface area (Å²) in [7, 11) is 0. The molecule has 0 spiro atoms. The number of hydrogen-bond acceptors (Lipinski definition) is 1. The van der Waals surface area contributed by atoms with Gasteiger partial charge in [0.25, 0.3) is 0 Å². The molecule has 3 rings (SSSR count). The lowest BCUT2D eigenvalue weighted by molar-refractivity contribution is -0.141. The highest BCUT2D eigenvalue weighted by Crippen LogP contribution is 2.65. The lowest BCUT2D eigenvalue weighted by atomic mass is 9.44. The summed E-state index contributed by atoms with van der Waals surface area (Å²) in [4.78, 5) is 12.3. The van der Waals surface area contributed by atoms with Crippen LogP contribution in [0.3, 0.4) is 0 Å². The molecule has 2 saturated carbocycles. The van der Waals surface area contributed by atoms with Crippen LogP contribution in [0.1, 0.15) is 72.6 Å². The second-order valence-corrected chi connectivity index (χ2v) is 8.22. The first-order valence-electron chi connectivity index (χ1n) is 8.05. The van der Waals surface area contributed by atoms with Crippen molar-refractivity contribution in [3.05, 3.63) is 11.6 Å². The van der Waals surface area contributed by atoms with E-state index < -0.39 is 0 Å². The Kier molecular flexibility index (Phi) is 2.79. The number of ketones is 1. The van der Waals surface area contributed by atoms with Gasteiger partial charge in [0.1, 0.15) is 5.78 Å².